The highest BCUT2D eigenvalue weighted by Gasteiger charge is 2.08. The van der Waals surface area contributed by atoms with Crippen LogP contribution in [0.5, 0.6) is 5.75 Å². The van der Waals surface area contributed by atoms with Gasteiger partial charge in [0.1, 0.15) is 5.75 Å². The molecule has 20 heavy (non-hydrogen) atoms. The van der Waals surface area contributed by atoms with Crippen LogP contribution in [-0.4, -0.2) is 42.1 Å². The topological polar surface area (TPSA) is 75.6 Å². The highest BCUT2D eigenvalue weighted by atomic mass is 79.9. The monoisotopic (exact) mass is 361 g/mol. The molecule has 0 aliphatic rings. The number of halogens is 1. The largest absolute Gasteiger partial charge is 0.497 e. The van der Waals surface area contributed by atoms with Gasteiger partial charge in [0.05, 0.1) is 19.3 Å². The Kier molecular flexibility index (Phi) is 7.46. The Morgan fingerprint density at radius 3 is 2.85 bits per heavy atom. The van der Waals surface area contributed by atoms with Crippen LogP contribution in [0.1, 0.15) is 5.56 Å². The van der Waals surface area contributed by atoms with Gasteiger partial charge in [-0.25, -0.2) is 0 Å². The fourth-order valence-corrected chi connectivity index (χ4v) is 2.42. The van der Waals surface area contributed by atoms with Gasteiger partial charge in [-0.2, -0.15) is 0 Å². The molecule has 0 aliphatic heterocycles. The molecular formula is C13H16BrNO4S. The molecule has 1 amide bonds. The van der Waals surface area contributed by atoms with E-state index in [1.165, 1.54) is 11.8 Å². The van der Waals surface area contributed by atoms with Gasteiger partial charge >= 0.3 is 5.97 Å². The third-order valence-electron chi connectivity index (χ3n) is 2.40. The number of amides is 1. The van der Waals surface area contributed by atoms with Crippen molar-refractivity contribution in [3.8, 4) is 5.75 Å². The molecule has 0 unspecified atom stereocenters. The standard InChI is InChI=1S/C13H16BrNO4S/c1-19-10-2-3-11(14)9(6-10)7-12(16)15-4-5-20-8-13(17)18/h2-3,6H,4-5,7-8H2,1H3,(H,15,16)(H,17,18). The van der Waals surface area contributed by atoms with Gasteiger partial charge in [-0.1, -0.05) is 15.9 Å². The maximum Gasteiger partial charge on any atom is 0.313 e. The Bertz CT molecular complexity index is 481. The Morgan fingerprint density at radius 1 is 1.45 bits per heavy atom. The normalized spacial score (nSPS) is 10.1. The van der Waals surface area contributed by atoms with E-state index in [1.54, 1.807) is 7.11 Å². The first-order valence-corrected chi connectivity index (χ1v) is 7.86. The lowest BCUT2D eigenvalue weighted by Crippen LogP contribution is -2.27. The van der Waals surface area contributed by atoms with E-state index in [0.717, 1.165) is 10.0 Å². The van der Waals surface area contributed by atoms with Crippen LogP contribution in [0.2, 0.25) is 0 Å². The molecular weight excluding hydrogens is 346 g/mol. The van der Waals surface area contributed by atoms with E-state index in [4.69, 9.17) is 9.84 Å². The van der Waals surface area contributed by atoms with Crippen molar-refractivity contribution in [2.24, 2.45) is 0 Å². The molecule has 0 bridgehead atoms. The molecule has 0 aliphatic carbocycles. The molecule has 1 aromatic rings. The summed E-state index contributed by atoms with van der Waals surface area (Å²) in [6.07, 6.45) is 0.251. The average molecular weight is 362 g/mol. The molecule has 0 aromatic heterocycles. The van der Waals surface area contributed by atoms with Gasteiger partial charge in [-0.15, -0.1) is 11.8 Å². The molecule has 1 aromatic carbocycles. The van der Waals surface area contributed by atoms with Crippen LogP contribution in [0.25, 0.3) is 0 Å². The fourth-order valence-electron chi connectivity index (χ4n) is 1.47. The molecule has 5 nitrogen and oxygen atoms in total. The lowest BCUT2D eigenvalue weighted by atomic mass is 10.1. The lowest BCUT2D eigenvalue weighted by molar-refractivity contribution is -0.133. The van der Waals surface area contributed by atoms with Gasteiger partial charge in [-0.05, 0) is 23.8 Å². The third kappa shape index (κ3) is 6.29. The highest BCUT2D eigenvalue weighted by molar-refractivity contribution is 9.10. The molecule has 0 saturated heterocycles. The first kappa shape index (κ1) is 16.8. The van der Waals surface area contributed by atoms with Gasteiger partial charge in [-0.3, -0.25) is 9.59 Å². The molecule has 0 saturated carbocycles. The Morgan fingerprint density at radius 2 is 2.20 bits per heavy atom. The van der Waals surface area contributed by atoms with Crippen molar-refractivity contribution >= 4 is 39.6 Å². The Labute approximate surface area is 130 Å². The molecule has 0 spiro atoms. The number of rotatable bonds is 8. The summed E-state index contributed by atoms with van der Waals surface area (Å²) in [4.78, 5) is 22.1. The Hall–Kier alpha value is -1.21. The number of nitrogens with one attached hydrogen (secondary N) is 1. The van der Waals surface area contributed by atoms with Crippen LogP contribution >= 0.6 is 27.7 Å². The van der Waals surface area contributed by atoms with Crippen molar-refractivity contribution in [3.63, 3.8) is 0 Å². The zero-order valence-corrected chi connectivity index (χ0v) is 13.4. The molecule has 2 N–H and O–H groups in total. The minimum Gasteiger partial charge on any atom is -0.497 e. The average Bonchev–Trinajstić information content (AvgIpc) is 2.40. The predicted molar refractivity (Wildman–Crippen MR) is 82.4 cm³/mol. The first-order chi connectivity index (χ1) is 9.52. The van der Waals surface area contributed by atoms with Gasteiger partial charge in [0.15, 0.2) is 0 Å². The molecule has 0 fully saturated rings. The summed E-state index contributed by atoms with van der Waals surface area (Å²) in [6.45, 7) is 0.457. The number of carbonyl (C=O) groups excluding carboxylic acids is 1. The van der Waals surface area contributed by atoms with E-state index in [1.807, 2.05) is 18.2 Å². The summed E-state index contributed by atoms with van der Waals surface area (Å²) < 4.78 is 5.97. The second kappa shape index (κ2) is 8.86. The number of methoxy groups -OCH3 is 1. The summed E-state index contributed by atoms with van der Waals surface area (Å²) in [5, 5.41) is 11.2. The number of ether oxygens (including phenoxy) is 1. The molecule has 0 heterocycles. The van der Waals surface area contributed by atoms with Crippen molar-refractivity contribution in [3.05, 3.63) is 28.2 Å². The number of carbonyl (C=O) groups is 2. The van der Waals surface area contributed by atoms with Crippen molar-refractivity contribution in [2.75, 3.05) is 25.2 Å². The van der Waals surface area contributed by atoms with E-state index in [-0.39, 0.29) is 18.1 Å². The van der Waals surface area contributed by atoms with Crippen LogP contribution in [0.15, 0.2) is 22.7 Å². The van der Waals surface area contributed by atoms with E-state index in [0.29, 0.717) is 18.0 Å². The number of carboxylic acid groups (broad SMARTS) is 1. The molecule has 1 rings (SSSR count). The smallest absolute Gasteiger partial charge is 0.313 e. The SMILES string of the molecule is COc1ccc(Br)c(CC(=O)NCCSCC(=O)O)c1. The number of benzene rings is 1. The summed E-state index contributed by atoms with van der Waals surface area (Å²) >= 11 is 4.67. The highest BCUT2D eigenvalue weighted by Crippen LogP contribution is 2.22. The zero-order valence-electron chi connectivity index (χ0n) is 11.0. The summed E-state index contributed by atoms with van der Waals surface area (Å²) in [6, 6.07) is 5.46. The quantitative estimate of drug-likeness (QED) is 0.692. The lowest BCUT2D eigenvalue weighted by Gasteiger charge is -2.08. The number of carboxylic acids is 1. The number of aliphatic carboxylic acids is 1. The molecule has 0 radical (unpaired) electrons. The maximum atomic E-state index is 11.8. The van der Waals surface area contributed by atoms with E-state index in [2.05, 4.69) is 21.2 Å². The Balaban J connectivity index is 2.37. The van der Waals surface area contributed by atoms with Crippen molar-refractivity contribution in [2.45, 2.75) is 6.42 Å². The van der Waals surface area contributed by atoms with Crippen molar-refractivity contribution < 1.29 is 19.4 Å². The van der Waals surface area contributed by atoms with Gasteiger partial charge < -0.3 is 15.2 Å². The predicted octanol–water partition coefficient (Wildman–Crippen LogP) is 1.93. The molecule has 7 heteroatoms. The van der Waals surface area contributed by atoms with Gasteiger partial charge in [0.25, 0.3) is 0 Å². The van der Waals surface area contributed by atoms with Gasteiger partial charge in [0, 0.05) is 16.8 Å². The fraction of sp³-hybridized carbons (Fsp3) is 0.385. The van der Waals surface area contributed by atoms with E-state index >= 15 is 0 Å². The number of hydrogen-bond donors (Lipinski definition) is 2. The summed E-state index contributed by atoms with van der Waals surface area (Å²) in [5.74, 6) is 0.388. The van der Waals surface area contributed by atoms with Crippen LogP contribution in [0.3, 0.4) is 0 Å². The number of hydrogen-bond acceptors (Lipinski definition) is 4. The van der Waals surface area contributed by atoms with E-state index in [9.17, 15) is 9.59 Å². The summed E-state index contributed by atoms with van der Waals surface area (Å²) in [7, 11) is 1.58. The minimum absolute atomic E-state index is 0.0529. The van der Waals surface area contributed by atoms with Crippen molar-refractivity contribution in [1.82, 2.24) is 5.32 Å². The first-order valence-electron chi connectivity index (χ1n) is 5.91. The van der Waals surface area contributed by atoms with Gasteiger partial charge in [0.2, 0.25) is 5.91 Å². The van der Waals surface area contributed by atoms with Crippen molar-refractivity contribution in [1.29, 1.82) is 0 Å². The maximum absolute atomic E-state index is 11.8. The molecule has 110 valence electrons. The second-order valence-electron chi connectivity index (χ2n) is 3.93. The summed E-state index contributed by atoms with van der Waals surface area (Å²) in [5.41, 5.74) is 0.847. The van der Waals surface area contributed by atoms with Crippen LogP contribution < -0.4 is 10.1 Å². The second-order valence-corrected chi connectivity index (χ2v) is 5.89. The molecule has 0 atom stereocenters. The van der Waals surface area contributed by atoms with Crippen LogP contribution in [0, 0.1) is 0 Å². The third-order valence-corrected chi connectivity index (χ3v) is 4.12. The van der Waals surface area contributed by atoms with Crippen LogP contribution in [0.4, 0.5) is 0 Å². The van der Waals surface area contributed by atoms with E-state index < -0.39 is 5.97 Å². The zero-order chi connectivity index (χ0) is 15.0. The minimum atomic E-state index is -0.846. The van der Waals surface area contributed by atoms with Crippen LogP contribution in [-0.2, 0) is 16.0 Å². The number of thioether (sulfide) groups is 1.